The second kappa shape index (κ2) is 7.48. The Balaban J connectivity index is 2.43. The minimum atomic E-state index is -0.0531. The van der Waals surface area contributed by atoms with E-state index in [1.54, 1.807) is 0 Å². The van der Waals surface area contributed by atoms with E-state index in [1.165, 1.54) is 37.7 Å². The molecule has 1 aliphatic heterocycles. The maximum Gasteiger partial charge on any atom is 0.334 e. The van der Waals surface area contributed by atoms with Crippen LogP contribution in [0.2, 0.25) is 0 Å². The highest BCUT2D eigenvalue weighted by molar-refractivity contribution is 5.91. The van der Waals surface area contributed by atoms with Crippen LogP contribution in [0.1, 0.15) is 65.2 Å². The SMILES string of the molecule is CCCCCC1=C(CCCCC)C(=O)OC1. The second-order valence-corrected chi connectivity index (χ2v) is 4.57. The van der Waals surface area contributed by atoms with Crippen LogP contribution < -0.4 is 0 Å². The van der Waals surface area contributed by atoms with Crippen molar-refractivity contribution in [2.24, 2.45) is 0 Å². The molecule has 0 aliphatic carbocycles. The molecule has 0 amide bonds. The van der Waals surface area contributed by atoms with Crippen LogP contribution in [-0.4, -0.2) is 12.6 Å². The Bertz CT molecular complexity index is 253. The number of unbranched alkanes of at least 4 members (excludes halogenated alkanes) is 4. The van der Waals surface area contributed by atoms with E-state index >= 15 is 0 Å². The molecule has 0 radical (unpaired) electrons. The predicted molar refractivity (Wildman–Crippen MR) is 66.3 cm³/mol. The largest absolute Gasteiger partial charge is 0.458 e. The van der Waals surface area contributed by atoms with Gasteiger partial charge >= 0.3 is 5.97 Å². The zero-order valence-corrected chi connectivity index (χ0v) is 10.7. The molecule has 16 heavy (non-hydrogen) atoms. The molecule has 0 N–H and O–H groups in total. The number of rotatable bonds is 8. The first-order valence-corrected chi connectivity index (χ1v) is 6.67. The Morgan fingerprint density at radius 2 is 1.62 bits per heavy atom. The van der Waals surface area contributed by atoms with Crippen molar-refractivity contribution in [1.82, 2.24) is 0 Å². The average molecular weight is 224 g/mol. The van der Waals surface area contributed by atoms with E-state index in [1.807, 2.05) is 0 Å². The van der Waals surface area contributed by atoms with Crippen LogP contribution in [0.3, 0.4) is 0 Å². The molecular formula is C14H24O2. The third-order valence-electron chi connectivity index (χ3n) is 3.16. The van der Waals surface area contributed by atoms with Crippen molar-refractivity contribution in [3.05, 3.63) is 11.1 Å². The van der Waals surface area contributed by atoms with E-state index in [9.17, 15) is 4.79 Å². The molecule has 0 atom stereocenters. The molecule has 1 aliphatic rings. The van der Waals surface area contributed by atoms with Gasteiger partial charge in [0.05, 0.1) is 0 Å². The van der Waals surface area contributed by atoms with Crippen molar-refractivity contribution in [1.29, 1.82) is 0 Å². The van der Waals surface area contributed by atoms with E-state index in [-0.39, 0.29) is 5.97 Å². The smallest absolute Gasteiger partial charge is 0.334 e. The molecule has 0 saturated carbocycles. The summed E-state index contributed by atoms with van der Waals surface area (Å²) in [5.74, 6) is -0.0531. The first-order valence-electron chi connectivity index (χ1n) is 6.67. The Kier molecular flexibility index (Phi) is 6.20. The highest BCUT2D eigenvalue weighted by atomic mass is 16.5. The number of hydrogen-bond donors (Lipinski definition) is 0. The van der Waals surface area contributed by atoms with Crippen LogP contribution >= 0.6 is 0 Å². The number of esters is 1. The summed E-state index contributed by atoms with van der Waals surface area (Å²) >= 11 is 0. The quantitative estimate of drug-likeness (QED) is 0.460. The zero-order valence-electron chi connectivity index (χ0n) is 10.7. The number of carbonyl (C=O) groups excluding carboxylic acids is 1. The number of cyclic esters (lactones) is 1. The van der Waals surface area contributed by atoms with Gasteiger partial charge in [0.25, 0.3) is 0 Å². The lowest BCUT2D eigenvalue weighted by molar-refractivity contribution is -0.136. The van der Waals surface area contributed by atoms with Gasteiger partial charge in [0.1, 0.15) is 6.61 Å². The molecular weight excluding hydrogens is 200 g/mol. The van der Waals surface area contributed by atoms with Crippen molar-refractivity contribution in [3.63, 3.8) is 0 Å². The summed E-state index contributed by atoms with van der Waals surface area (Å²) in [4.78, 5) is 11.5. The van der Waals surface area contributed by atoms with Crippen LogP contribution in [0.5, 0.6) is 0 Å². The van der Waals surface area contributed by atoms with Crippen LogP contribution in [-0.2, 0) is 9.53 Å². The molecule has 0 aromatic heterocycles. The van der Waals surface area contributed by atoms with Crippen LogP contribution in [0.25, 0.3) is 0 Å². The topological polar surface area (TPSA) is 26.3 Å². The summed E-state index contributed by atoms with van der Waals surface area (Å²) in [5.41, 5.74) is 2.26. The Morgan fingerprint density at radius 3 is 2.25 bits per heavy atom. The summed E-state index contributed by atoms with van der Waals surface area (Å²) < 4.78 is 5.13. The predicted octanol–water partition coefficient (Wildman–Crippen LogP) is 4.00. The maximum absolute atomic E-state index is 11.5. The fourth-order valence-electron chi connectivity index (χ4n) is 2.11. The Labute approximate surface area is 99.1 Å². The number of ether oxygens (including phenoxy) is 1. The molecule has 0 unspecified atom stereocenters. The third-order valence-corrected chi connectivity index (χ3v) is 3.16. The summed E-state index contributed by atoms with van der Waals surface area (Å²) in [6.07, 6.45) is 9.19. The molecule has 0 saturated heterocycles. The summed E-state index contributed by atoms with van der Waals surface area (Å²) in [7, 11) is 0. The molecule has 0 bridgehead atoms. The van der Waals surface area contributed by atoms with Crippen LogP contribution in [0.15, 0.2) is 11.1 Å². The summed E-state index contributed by atoms with van der Waals surface area (Å²) in [6, 6.07) is 0. The molecule has 2 heteroatoms. The molecule has 0 spiro atoms. The maximum atomic E-state index is 11.5. The summed E-state index contributed by atoms with van der Waals surface area (Å²) in [5, 5.41) is 0. The van der Waals surface area contributed by atoms with Gasteiger partial charge in [0, 0.05) is 5.57 Å². The van der Waals surface area contributed by atoms with Gasteiger partial charge < -0.3 is 4.74 Å². The molecule has 0 fully saturated rings. The van der Waals surface area contributed by atoms with Gasteiger partial charge in [-0.1, -0.05) is 39.5 Å². The van der Waals surface area contributed by atoms with Gasteiger partial charge in [-0.2, -0.15) is 0 Å². The van der Waals surface area contributed by atoms with Crippen molar-refractivity contribution >= 4 is 5.97 Å². The molecule has 1 rings (SSSR count). The third kappa shape index (κ3) is 3.99. The monoisotopic (exact) mass is 224 g/mol. The van der Waals surface area contributed by atoms with Crippen molar-refractivity contribution in [2.75, 3.05) is 6.61 Å². The van der Waals surface area contributed by atoms with Crippen LogP contribution in [0, 0.1) is 0 Å². The normalized spacial score (nSPS) is 15.8. The van der Waals surface area contributed by atoms with Crippen molar-refractivity contribution < 1.29 is 9.53 Å². The highest BCUT2D eigenvalue weighted by Gasteiger charge is 2.23. The lowest BCUT2D eigenvalue weighted by atomic mass is 9.99. The van der Waals surface area contributed by atoms with Crippen molar-refractivity contribution in [3.8, 4) is 0 Å². The molecule has 0 aromatic rings. The lowest BCUT2D eigenvalue weighted by Crippen LogP contribution is -1.99. The highest BCUT2D eigenvalue weighted by Crippen LogP contribution is 2.25. The average Bonchev–Trinajstić information content (AvgIpc) is 2.62. The first kappa shape index (κ1) is 13.3. The van der Waals surface area contributed by atoms with Gasteiger partial charge in [-0.15, -0.1) is 0 Å². The second-order valence-electron chi connectivity index (χ2n) is 4.57. The van der Waals surface area contributed by atoms with Gasteiger partial charge in [-0.25, -0.2) is 4.79 Å². The molecule has 0 aromatic carbocycles. The standard InChI is InChI=1S/C14H24O2/c1-3-5-7-9-12-11-16-14(15)13(12)10-8-6-4-2/h3-11H2,1-2H3. The summed E-state index contributed by atoms with van der Waals surface area (Å²) in [6.45, 7) is 4.94. The van der Waals surface area contributed by atoms with E-state index in [0.717, 1.165) is 24.8 Å². The fourth-order valence-corrected chi connectivity index (χ4v) is 2.11. The first-order chi connectivity index (χ1) is 7.79. The van der Waals surface area contributed by atoms with Crippen LogP contribution in [0.4, 0.5) is 0 Å². The van der Waals surface area contributed by atoms with Crippen molar-refractivity contribution in [2.45, 2.75) is 65.2 Å². The van der Waals surface area contributed by atoms with E-state index in [0.29, 0.717) is 6.61 Å². The zero-order chi connectivity index (χ0) is 11.8. The number of carbonyl (C=O) groups is 1. The minimum absolute atomic E-state index is 0.0531. The lowest BCUT2D eigenvalue weighted by Gasteiger charge is -2.03. The van der Waals surface area contributed by atoms with E-state index in [2.05, 4.69) is 13.8 Å². The molecule has 92 valence electrons. The van der Waals surface area contributed by atoms with E-state index < -0.39 is 0 Å². The van der Waals surface area contributed by atoms with Gasteiger partial charge in [-0.05, 0) is 31.3 Å². The fraction of sp³-hybridized carbons (Fsp3) is 0.786. The van der Waals surface area contributed by atoms with Gasteiger partial charge in [-0.3, -0.25) is 0 Å². The van der Waals surface area contributed by atoms with Gasteiger partial charge in [0.15, 0.2) is 0 Å². The Hall–Kier alpha value is -0.790. The van der Waals surface area contributed by atoms with E-state index in [4.69, 9.17) is 4.74 Å². The van der Waals surface area contributed by atoms with Gasteiger partial charge in [0.2, 0.25) is 0 Å². The minimum Gasteiger partial charge on any atom is -0.458 e. The Morgan fingerprint density at radius 1 is 1.00 bits per heavy atom. The number of hydrogen-bond acceptors (Lipinski definition) is 2. The molecule has 2 nitrogen and oxygen atoms in total. The molecule has 1 heterocycles.